The van der Waals surface area contributed by atoms with Crippen molar-refractivity contribution < 1.29 is 13.2 Å². The lowest BCUT2D eigenvalue weighted by Gasteiger charge is -2.19. The molecule has 0 radical (unpaired) electrons. The monoisotopic (exact) mass is 298 g/mol. The minimum Gasteiger partial charge on any atom is -0.398 e. The van der Waals surface area contributed by atoms with Crippen molar-refractivity contribution in [1.82, 2.24) is 4.31 Å². The number of hydrogen-bond donors (Lipinski definition) is 1. The molecule has 0 heterocycles. The van der Waals surface area contributed by atoms with Gasteiger partial charge < -0.3 is 10.5 Å². The average molecular weight is 298 g/mol. The molecule has 2 N–H and O–H groups in total. The highest BCUT2D eigenvalue weighted by Gasteiger charge is 2.24. The summed E-state index contributed by atoms with van der Waals surface area (Å²) in [4.78, 5) is 0.266. The summed E-state index contributed by atoms with van der Waals surface area (Å²) in [5, 5.41) is 0. The van der Waals surface area contributed by atoms with Gasteiger partial charge in [-0.25, -0.2) is 8.42 Å². The van der Waals surface area contributed by atoms with Gasteiger partial charge in [0.15, 0.2) is 0 Å². The Bertz CT molecular complexity index is 568. The molecule has 1 aromatic carbocycles. The fourth-order valence-corrected chi connectivity index (χ4v) is 3.33. The van der Waals surface area contributed by atoms with Crippen LogP contribution in [-0.2, 0) is 14.8 Å². The highest BCUT2D eigenvalue weighted by atomic mass is 32.2. The van der Waals surface area contributed by atoms with Gasteiger partial charge in [-0.2, -0.15) is 4.31 Å². The number of sulfonamides is 1. The van der Waals surface area contributed by atoms with Gasteiger partial charge in [-0.15, -0.1) is 0 Å². The fraction of sp³-hybridized carbons (Fsp3) is 0.571. The van der Waals surface area contributed by atoms with Crippen LogP contribution in [0.25, 0.3) is 0 Å². The van der Waals surface area contributed by atoms with Crippen molar-refractivity contribution in [2.24, 2.45) is 5.92 Å². The van der Waals surface area contributed by atoms with Crippen molar-refractivity contribution in [3.8, 4) is 0 Å². The van der Waals surface area contributed by atoms with Crippen LogP contribution in [0.3, 0.4) is 0 Å². The predicted octanol–water partition coefficient (Wildman–Crippen LogP) is 1.62. The van der Waals surface area contributed by atoms with Crippen LogP contribution in [-0.4, -0.2) is 39.5 Å². The summed E-state index contributed by atoms with van der Waals surface area (Å²) >= 11 is 0. The van der Waals surface area contributed by atoms with E-state index in [0.717, 1.165) is 6.61 Å². The molecule has 0 saturated heterocycles. The number of nitrogen functional groups attached to an aromatic ring is 1. The van der Waals surface area contributed by atoms with E-state index in [0.29, 0.717) is 30.3 Å². The van der Waals surface area contributed by atoms with Crippen molar-refractivity contribution >= 4 is 15.7 Å². The number of anilines is 1. The highest BCUT2D eigenvalue weighted by Crippen LogP contribution is 2.28. The molecule has 2 rings (SSSR count). The van der Waals surface area contributed by atoms with Crippen molar-refractivity contribution in [3.63, 3.8) is 0 Å². The normalized spacial score (nSPS) is 15.8. The molecule has 0 spiro atoms. The minimum atomic E-state index is -3.50. The Kier molecular flexibility index (Phi) is 4.67. The minimum absolute atomic E-state index is 0.266. The van der Waals surface area contributed by atoms with Crippen LogP contribution in [0.1, 0.15) is 18.4 Å². The summed E-state index contributed by atoms with van der Waals surface area (Å²) in [5.74, 6) is 0.688. The van der Waals surface area contributed by atoms with E-state index in [1.807, 2.05) is 0 Å². The molecule has 1 aliphatic carbocycles. The molecule has 0 aliphatic heterocycles. The maximum Gasteiger partial charge on any atom is 0.243 e. The predicted molar refractivity (Wildman–Crippen MR) is 79.0 cm³/mol. The average Bonchev–Trinajstić information content (AvgIpc) is 3.21. The Morgan fingerprint density at radius 2 is 2.10 bits per heavy atom. The Morgan fingerprint density at radius 1 is 1.40 bits per heavy atom. The molecule has 0 bridgehead atoms. The molecule has 0 amide bonds. The number of nitrogens with two attached hydrogens (primary N) is 1. The van der Waals surface area contributed by atoms with Crippen LogP contribution in [0.5, 0.6) is 0 Å². The molecule has 5 nitrogen and oxygen atoms in total. The van der Waals surface area contributed by atoms with Gasteiger partial charge in [-0.3, -0.25) is 0 Å². The van der Waals surface area contributed by atoms with Crippen LogP contribution in [0.15, 0.2) is 23.1 Å². The molecule has 1 aliphatic rings. The highest BCUT2D eigenvalue weighted by molar-refractivity contribution is 7.89. The molecule has 0 aromatic heterocycles. The Morgan fingerprint density at radius 3 is 2.75 bits per heavy atom. The third-order valence-corrected chi connectivity index (χ3v) is 5.62. The molecule has 1 fully saturated rings. The van der Waals surface area contributed by atoms with E-state index in [4.69, 9.17) is 10.5 Å². The second-order valence-electron chi connectivity index (χ2n) is 5.32. The zero-order valence-corrected chi connectivity index (χ0v) is 12.8. The van der Waals surface area contributed by atoms with E-state index in [9.17, 15) is 8.42 Å². The smallest absolute Gasteiger partial charge is 0.243 e. The van der Waals surface area contributed by atoms with Crippen molar-refractivity contribution in [3.05, 3.63) is 23.8 Å². The SMILES string of the molecule is Cc1c(N)cccc1S(=O)(=O)N(C)CCOCC1CC1. The van der Waals surface area contributed by atoms with E-state index in [-0.39, 0.29) is 4.90 Å². The number of hydrogen-bond acceptors (Lipinski definition) is 4. The Labute approximate surface area is 120 Å². The molecule has 1 aromatic rings. The lowest BCUT2D eigenvalue weighted by Crippen LogP contribution is -2.31. The fourth-order valence-electron chi connectivity index (χ4n) is 1.93. The van der Waals surface area contributed by atoms with E-state index in [1.54, 1.807) is 32.2 Å². The largest absolute Gasteiger partial charge is 0.398 e. The van der Waals surface area contributed by atoms with Gasteiger partial charge in [0.25, 0.3) is 0 Å². The van der Waals surface area contributed by atoms with E-state index in [1.165, 1.54) is 17.1 Å². The van der Waals surface area contributed by atoms with Gasteiger partial charge in [0.1, 0.15) is 0 Å². The van der Waals surface area contributed by atoms with Crippen LogP contribution in [0.2, 0.25) is 0 Å². The summed E-state index contributed by atoms with van der Waals surface area (Å²) in [7, 11) is -1.94. The summed E-state index contributed by atoms with van der Waals surface area (Å²) in [6, 6.07) is 4.95. The molecule has 6 heteroatoms. The molecule has 1 saturated carbocycles. The lowest BCUT2D eigenvalue weighted by atomic mass is 10.2. The zero-order chi connectivity index (χ0) is 14.8. The second kappa shape index (κ2) is 6.11. The van der Waals surface area contributed by atoms with Gasteiger partial charge in [0.2, 0.25) is 10.0 Å². The van der Waals surface area contributed by atoms with Crippen LogP contribution >= 0.6 is 0 Å². The maximum atomic E-state index is 12.5. The molecule has 112 valence electrons. The van der Waals surface area contributed by atoms with Gasteiger partial charge >= 0.3 is 0 Å². The third-order valence-electron chi connectivity index (χ3n) is 3.62. The van der Waals surface area contributed by atoms with Gasteiger partial charge in [0, 0.05) is 25.9 Å². The van der Waals surface area contributed by atoms with Gasteiger partial charge in [-0.05, 0) is 43.4 Å². The third kappa shape index (κ3) is 3.50. The summed E-state index contributed by atoms with van der Waals surface area (Å²) < 4.78 is 31.7. The van der Waals surface area contributed by atoms with Crippen LogP contribution in [0.4, 0.5) is 5.69 Å². The number of ether oxygens (including phenoxy) is 1. The van der Waals surface area contributed by atoms with E-state index >= 15 is 0 Å². The molecule has 0 atom stereocenters. The lowest BCUT2D eigenvalue weighted by molar-refractivity contribution is 0.117. The molecule has 20 heavy (non-hydrogen) atoms. The molecular weight excluding hydrogens is 276 g/mol. The Hall–Kier alpha value is -1.11. The van der Waals surface area contributed by atoms with Gasteiger partial charge in [-0.1, -0.05) is 6.07 Å². The van der Waals surface area contributed by atoms with Gasteiger partial charge in [0.05, 0.1) is 11.5 Å². The quantitative estimate of drug-likeness (QED) is 0.613. The second-order valence-corrected chi connectivity index (χ2v) is 7.33. The first-order chi connectivity index (χ1) is 9.43. The summed E-state index contributed by atoms with van der Waals surface area (Å²) in [6.45, 7) is 3.24. The molecule has 0 unspecified atom stereocenters. The summed E-state index contributed by atoms with van der Waals surface area (Å²) in [5.41, 5.74) is 6.86. The van der Waals surface area contributed by atoms with E-state index < -0.39 is 10.0 Å². The van der Waals surface area contributed by atoms with Crippen molar-refractivity contribution in [2.45, 2.75) is 24.7 Å². The number of benzene rings is 1. The Balaban J connectivity index is 1.98. The van der Waals surface area contributed by atoms with Crippen LogP contribution < -0.4 is 5.73 Å². The topological polar surface area (TPSA) is 72.6 Å². The first kappa shape index (κ1) is 15.3. The van der Waals surface area contributed by atoms with E-state index in [2.05, 4.69) is 0 Å². The standard InChI is InChI=1S/C14H22N2O3S/c1-11-13(15)4-3-5-14(11)20(17,18)16(2)8-9-19-10-12-6-7-12/h3-5,12H,6-10,15H2,1-2H3. The zero-order valence-electron chi connectivity index (χ0n) is 12.0. The number of rotatable bonds is 7. The van der Waals surface area contributed by atoms with Crippen LogP contribution in [0, 0.1) is 12.8 Å². The van der Waals surface area contributed by atoms with Crippen molar-refractivity contribution in [1.29, 1.82) is 0 Å². The first-order valence-electron chi connectivity index (χ1n) is 6.82. The first-order valence-corrected chi connectivity index (χ1v) is 8.26. The summed E-state index contributed by atoms with van der Waals surface area (Å²) in [6.07, 6.45) is 2.47. The number of likely N-dealkylation sites (N-methyl/N-ethyl adjacent to an activating group) is 1. The van der Waals surface area contributed by atoms with Crippen molar-refractivity contribution in [2.75, 3.05) is 32.5 Å². The molecular formula is C14H22N2O3S. The number of nitrogens with zero attached hydrogens (tertiary/aromatic N) is 1. The maximum absolute atomic E-state index is 12.5.